The monoisotopic (exact) mass is 557 g/mol. The highest BCUT2D eigenvalue weighted by Crippen LogP contribution is 2.37. The Morgan fingerprint density at radius 1 is 0.875 bits per heavy atom. The van der Waals surface area contributed by atoms with Crippen LogP contribution in [0.1, 0.15) is 15.9 Å². The molecule has 40 heavy (non-hydrogen) atoms. The zero-order valence-electron chi connectivity index (χ0n) is 21.3. The van der Waals surface area contributed by atoms with Gasteiger partial charge in [0.05, 0.1) is 37.7 Å². The molecule has 210 valence electrons. The molecule has 2 aromatic heterocycles. The molecule has 2 aliphatic heterocycles. The first kappa shape index (κ1) is 27.3. The Labute approximate surface area is 227 Å². The lowest BCUT2D eigenvalue weighted by molar-refractivity contribution is -0.137. The number of urea groups is 1. The summed E-state index contributed by atoms with van der Waals surface area (Å²) in [6.07, 6.45) is -3.67. The molecule has 0 radical (unpaired) electrons. The standard InChI is InChI=1S/C26H26F3N7O4/c27-26(28,29)19-14-18(16-30-22(19)33-25(38)34-23(37)17-4-2-1-3-5-17)20-15-21(35-6-10-39-11-7-35)32-24(31-20)36-8-12-40-13-9-36/h1-5,14-16H,6-13H2,(H2,30,33,34,37,38). The molecule has 2 fully saturated rings. The number of rotatable bonds is 5. The van der Waals surface area contributed by atoms with Gasteiger partial charge >= 0.3 is 12.2 Å². The summed E-state index contributed by atoms with van der Waals surface area (Å²) in [7, 11) is 0. The number of amides is 3. The fourth-order valence-electron chi connectivity index (χ4n) is 4.25. The molecule has 0 aliphatic carbocycles. The molecule has 14 heteroatoms. The van der Waals surface area contributed by atoms with Gasteiger partial charge in [-0.2, -0.15) is 18.2 Å². The first-order valence-corrected chi connectivity index (χ1v) is 12.6. The van der Waals surface area contributed by atoms with E-state index < -0.39 is 29.5 Å². The second-order valence-electron chi connectivity index (χ2n) is 9.00. The van der Waals surface area contributed by atoms with Crippen molar-refractivity contribution in [2.75, 3.05) is 67.7 Å². The number of alkyl halides is 3. The Bertz CT molecular complexity index is 1330. The molecule has 2 N–H and O–H groups in total. The number of hydrogen-bond acceptors (Lipinski definition) is 9. The average molecular weight is 558 g/mol. The van der Waals surface area contributed by atoms with Gasteiger partial charge in [-0.3, -0.25) is 15.4 Å². The van der Waals surface area contributed by atoms with E-state index in [1.807, 2.05) is 20.4 Å². The van der Waals surface area contributed by atoms with Gasteiger partial charge in [-0.15, -0.1) is 0 Å². The van der Waals surface area contributed by atoms with Crippen LogP contribution in [0.4, 0.5) is 35.5 Å². The maximum Gasteiger partial charge on any atom is 0.419 e. The third-order valence-corrected chi connectivity index (χ3v) is 6.31. The predicted molar refractivity (Wildman–Crippen MR) is 139 cm³/mol. The molecule has 4 heterocycles. The molecule has 0 atom stereocenters. The highest BCUT2D eigenvalue weighted by atomic mass is 19.4. The number of halogens is 3. The predicted octanol–water partition coefficient (Wildman–Crippen LogP) is 3.19. The second kappa shape index (κ2) is 11.8. The van der Waals surface area contributed by atoms with E-state index in [9.17, 15) is 22.8 Å². The largest absolute Gasteiger partial charge is 0.419 e. The Kier molecular flexibility index (Phi) is 8.07. The number of benzene rings is 1. The highest BCUT2D eigenvalue weighted by Gasteiger charge is 2.36. The molecular weight excluding hydrogens is 531 g/mol. The lowest BCUT2D eigenvalue weighted by atomic mass is 10.1. The SMILES string of the molecule is O=C(NC(=O)c1ccccc1)Nc1ncc(-c2cc(N3CCOCC3)nc(N3CCOCC3)n2)cc1C(F)(F)F. The number of nitrogens with one attached hydrogen (secondary N) is 2. The Balaban J connectivity index is 1.45. The first-order valence-electron chi connectivity index (χ1n) is 12.6. The lowest BCUT2D eigenvalue weighted by Gasteiger charge is -2.31. The molecule has 0 spiro atoms. The minimum atomic E-state index is -4.86. The maximum atomic E-state index is 14.1. The van der Waals surface area contributed by atoms with E-state index >= 15 is 0 Å². The van der Waals surface area contributed by atoms with Gasteiger partial charge in [0.15, 0.2) is 0 Å². The smallest absolute Gasteiger partial charge is 0.378 e. The summed E-state index contributed by atoms with van der Waals surface area (Å²) in [6.45, 7) is 4.19. The van der Waals surface area contributed by atoms with Crippen molar-refractivity contribution >= 4 is 29.5 Å². The molecule has 0 bridgehead atoms. The number of anilines is 3. The molecule has 11 nitrogen and oxygen atoms in total. The van der Waals surface area contributed by atoms with Crippen molar-refractivity contribution in [3.05, 3.63) is 59.8 Å². The van der Waals surface area contributed by atoms with Crippen LogP contribution in [0.3, 0.4) is 0 Å². The van der Waals surface area contributed by atoms with Crippen LogP contribution >= 0.6 is 0 Å². The van der Waals surface area contributed by atoms with Gasteiger partial charge in [0, 0.05) is 49.6 Å². The lowest BCUT2D eigenvalue weighted by Crippen LogP contribution is -2.39. The van der Waals surface area contributed by atoms with Gasteiger partial charge < -0.3 is 19.3 Å². The van der Waals surface area contributed by atoms with Crippen LogP contribution in [0, 0.1) is 0 Å². The van der Waals surface area contributed by atoms with Gasteiger partial charge in [-0.25, -0.2) is 14.8 Å². The number of imide groups is 1. The molecule has 2 aliphatic rings. The van der Waals surface area contributed by atoms with Crippen molar-refractivity contribution in [2.24, 2.45) is 0 Å². The number of ether oxygens (including phenoxy) is 2. The van der Waals surface area contributed by atoms with Crippen molar-refractivity contribution in [3.63, 3.8) is 0 Å². The van der Waals surface area contributed by atoms with E-state index in [-0.39, 0.29) is 16.8 Å². The third kappa shape index (κ3) is 6.46. The van der Waals surface area contributed by atoms with Gasteiger partial charge in [0.25, 0.3) is 5.91 Å². The molecule has 1 aromatic carbocycles. The molecule has 5 rings (SSSR count). The van der Waals surface area contributed by atoms with Gasteiger partial charge in [-0.1, -0.05) is 18.2 Å². The van der Waals surface area contributed by atoms with Gasteiger partial charge in [-0.05, 0) is 18.2 Å². The van der Waals surface area contributed by atoms with Crippen molar-refractivity contribution in [1.82, 2.24) is 20.3 Å². The Morgan fingerprint density at radius 3 is 2.17 bits per heavy atom. The van der Waals surface area contributed by atoms with Crippen LogP contribution in [-0.2, 0) is 15.7 Å². The molecular formula is C26H26F3N7O4. The van der Waals surface area contributed by atoms with Crippen molar-refractivity contribution in [2.45, 2.75) is 6.18 Å². The number of aromatic nitrogens is 3. The molecule has 0 unspecified atom stereocenters. The summed E-state index contributed by atoms with van der Waals surface area (Å²) in [5.41, 5.74) is -0.684. The third-order valence-electron chi connectivity index (χ3n) is 6.31. The molecule has 3 amide bonds. The maximum absolute atomic E-state index is 14.1. The van der Waals surface area contributed by atoms with Crippen molar-refractivity contribution in [3.8, 4) is 11.3 Å². The normalized spacial score (nSPS) is 16.0. The summed E-state index contributed by atoms with van der Waals surface area (Å²) in [6, 6.07) is 9.15. The van der Waals surface area contributed by atoms with E-state index in [4.69, 9.17) is 9.47 Å². The first-order chi connectivity index (χ1) is 19.3. The zero-order chi connectivity index (χ0) is 28.1. The number of hydrogen-bond donors (Lipinski definition) is 2. The fraction of sp³-hybridized carbons (Fsp3) is 0.346. The van der Waals surface area contributed by atoms with Gasteiger partial charge in [0.1, 0.15) is 11.6 Å². The summed E-state index contributed by atoms with van der Waals surface area (Å²) in [4.78, 5) is 41.6. The van der Waals surface area contributed by atoms with Crippen LogP contribution < -0.4 is 20.4 Å². The second-order valence-corrected chi connectivity index (χ2v) is 9.00. The van der Waals surface area contributed by atoms with E-state index in [0.29, 0.717) is 64.4 Å². The van der Waals surface area contributed by atoms with E-state index in [1.165, 1.54) is 18.3 Å². The number of pyridine rings is 1. The summed E-state index contributed by atoms with van der Waals surface area (Å²) < 4.78 is 53.2. The van der Waals surface area contributed by atoms with Crippen LogP contribution in [-0.4, -0.2) is 79.5 Å². The van der Waals surface area contributed by atoms with Crippen LogP contribution in [0.25, 0.3) is 11.3 Å². The van der Waals surface area contributed by atoms with E-state index in [0.717, 1.165) is 6.07 Å². The molecule has 0 saturated carbocycles. The minimum absolute atomic E-state index is 0.0880. The Hall–Kier alpha value is -4.30. The van der Waals surface area contributed by atoms with E-state index in [2.05, 4.69) is 15.0 Å². The van der Waals surface area contributed by atoms with Crippen molar-refractivity contribution in [1.29, 1.82) is 0 Å². The molecule has 2 saturated heterocycles. The van der Waals surface area contributed by atoms with Crippen LogP contribution in [0.2, 0.25) is 0 Å². The van der Waals surface area contributed by atoms with Gasteiger partial charge in [0.2, 0.25) is 5.95 Å². The number of carbonyl (C=O) groups excluding carboxylic acids is 2. The van der Waals surface area contributed by atoms with E-state index in [1.54, 1.807) is 24.3 Å². The topological polar surface area (TPSA) is 122 Å². The quantitative estimate of drug-likeness (QED) is 0.487. The molecule has 3 aromatic rings. The van der Waals surface area contributed by atoms with Crippen LogP contribution in [0.5, 0.6) is 0 Å². The highest BCUT2D eigenvalue weighted by molar-refractivity contribution is 6.07. The summed E-state index contributed by atoms with van der Waals surface area (Å²) >= 11 is 0. The number of nitrogens with zero attached hydrogens (tertiary/aromatic N) is 5. The zero-order valence-corrected chi connectivity index (χ0v) is 21.3. The number of carbonyl (C=O) groups is 2. The average Bonchev–Trinajstić information content (AvgIpc) is 2.98. The number of morpholine rings is 2. The summed E-state index contributed by atoms with van der Waals surface area (Å²) in [5, 5.41) is 4.05. The van der Waals surface area contributed by atoms with Crippen molar-refractivity contribution < 1.29 is 32.2 Å². The minimum Gasteiger partial charge on any atom is -0.378 e. The fourth-order valence-corrected chi connectivity index (χ4v) is 4.25. The summed E-state index contributed by atoms with van der Waals surface area (Å²) in [5.74, 6) is -0.581. The van der Waals surface area contributed by atoms with Crippen LogP contribution in [0.15, 0.2) is 48.7 Å². The Morgan fingerprint density at radius 2 is 1.52 bits per heavy atom.